The highest BCUT2D eigenvalue weighted by molar-refractivity contribution is 6.30. The lowest BCUT2D eigenvalue weighted by atomic mass is 9.93. The zero-order valence-corrected chi connectivity index (χ0v) is 15.4. The maximum Gasteiger partial charge on any atom is 0.223 e. The van der Waals surface area contributed by atoms with Gasteiger partial charge >= 0.3 is 0 Å². The molecule has 134 valence electrons. The van der Waals surface area contributed by atoms with E-state index in [1.165, 1.54) is 0 Å². The van der Waals surface area contributed by atoms with Crippen LogP contribution in [0.15, 0.2) is 67.1 Å². The molecular formula is C21H17ClN4O. The van der Waals surface area contributed by atoms with Crippen molar-refractivity contribution in [1.29, 1.82) is 0 Å². The molecule has 0 aliphatic rings. The summed E-state index contributed by atoms with van der Waals surface area (Å²) in [5.74, 6) is 0.586. The standard InChI is InChI=1S/C21H17ClN4O/c1-13-5-7-15(22)12-17(13)19(26-21-24-10-3-11-25-21)16-8-6-14-4-2-9-23-18(14)20(16)27/h2-12,19,27H,1H3,(H,24,25,26). The predicted molar refractivity (Wildman–Crippen MR) is 107 cm³/mol. The summed E-state index contributed by atoms with van der Waals surface area (Å²) < 4.78 is 0. The van der Waals surface area contributed by atoms with E-state index in [1.807, 2.05) is 49.4 Å². The fraction of sp³-hybridized carbons (Fsp3) is 0.0952. The zero-order chi connectivity index (χ0) is 18.8. The lowest BCUT2D eigenvalue weighted by Gasteiger charge is -2.23. The zero-order valence-electron chi connectivity index (χ0n) is 14.6. The lowest BCUT2D eigenvalue weighted by molar-refractivity contribution is 0.471. The van der Waals surface area contributed by atoms with E-state index in [0.29, 0.717) is 22.1 Å². The molecule has 2 aromatic heterocycles. The summed E-state index contributed by atoms with van der Waals surface area (Å²) in [5.41, 5.74) is 3.20. The Morgan fingerprint density at radius 3 is 2.52 bits per heavy atom. The highest BCUT2D eigenvalue weighted by atomic mass is 35.5. The number of phenols is 1. The van der Waals surface area contributed by atoms with Crippen molar-refractivity contribution in [3.8, 4) is 5.75 Å². The van der Waals surface area contributed by atoms with Gasteiger partial charge in [-0.05, 0) is 42.3 Å². The van der Waals surface area contributed by atoms with Gasteiger partial charge in [0.1, 0.15) is 11.3 Å². The van der Waals surface area contributed by atoms with Gasteiger partial charge in [-0.3, -0.25) is 4.98 Å². The monoisotopic (exact) mass is 376 g/mol. The molecule has 0 spiro atoms. The second kappa shape index (κ2) is 7.21. The van der Waals surface area contributed by atoms with Crippen LogP contribution in [0.5, 0.6) is 5.75 Å². The average Bonchev–Trinajstić information content (AvgIpc) is 2.70. The smallest absolute Gasteiger partial charge is 0.223 e. The Bertz CT molecular complexity index is 1100. The molecule has 0 radical (unpaired) electrons. The second-order valence-electron chi connectivity index (χ2n) is 6.23. The number of anilines is 1. The van der Waals surface area contributed by atoms with Crippen molar-refractivity contribution in [2.75, 3.05) is 5.32 Å². The number of hydrogen-bond donors (Lipinski definition) is 2. The third kappa shape index (κ3) is 3.41. The normalized spacial score (nSPS) is 12.1. The number of hydrogen-bond acceptors (Lipinski definition) is 5. The van der Waals surface area contributed by atoms with E-state index in [-0.39, 0.29) is 5.75 Å². The van der Waals surface area contributed by atoms with E-state index in [9.17, 15) is 5.11 Å². The van der Waals surface area contributed by atoms with Gasteiger partial charge in [0.2, 0.25) is 5.95 Å². The van der Waals surface area contributed by atoms with Gasteiger partial charge in [0.15, 0.2) is 0 Å². The Balaban J connectivity index is 1.90. The molecule has 0 amide bonds. The number of nitrogens with zero attached hydrogens (tertiary/aromatic N) is 3. The maximum absolute atomic E-state index is 10.9. The summed E-state index contributed by atoms with van der Waals surface area (Å²) in [6, 6.07) is 14.6. The van der Waals surface area contributed by atoms with Crippen LogP contribution < -0.4 is 5.32 Å². The quantitative estimate of drug-likeness (QED) is 0.530. The van der Waals surface area contributed by atoms with E-state index in [0.717, 1.165) is 16.5 Å². The fourth-order valence-electron chi connectivity index (χ4n) is 3.13. The number of halogens is 1. The van der Waals surface area contributed by atoms with Crippen LogP contribution in [0.3, 0.4) is 0 Å². The van der Waals surface area contributed by atoms with Crippen molar-refractivity contribution in [3.63, 3.8) is 0 Å². The molecule has 2 aromatic carbocycles. The number of fused-ring (bicyclic) bond motifs is 1. The number of phenolic OH excluding ortho intramolecular Hbond substituents is 1. The highest BCUT2D eigenvalue weighted by Crippen LogP contribution is 2.37. The number of aromatic hydroxyl groups is 1. The van der Waals surface area contributed by atoms with Gasteiger partial charge in [-0.2, -0.15) is 0 Å². The third-order valence-corrected chi connectivity index (χ3v) is 4.72. The van der Waals surface area contributed by atoms with Gasteiger partial charge in [0, 0.05) is 34.6 Å². The first-order chi connectivity index (χ1) is 13.1. The molecule has 4 aromatic rings. The average molecular weight is 377 g/mol. The molecule has 27 heavy (non-hydrogen) atoms. The van der Waals surface area contributed by atoms with Crippen LogP contribution in [0.4, 0.5) is 5.95 Å². The van der Waals surface area contributed by atoms with Crippen LogP contribution in [-0.2, 0) is 0 Å². The molecule has 1 unspecified atom stereocenters. The van der Waals surface area contributed by atoms with Crippen LogP contribution in [0.25, 0.3) is 10.9 Å². The summed E-state index contributed by atoms with van der Waals surface area (Å²) in [6.45, 7) is 2.00. The second-order valence-corrected chi connectivity index (χ2v) is 6.67. The summed E-state index contributed by atoms with van der Waals surface area (Å²) in [5, 5.41) is 15.8. The van der Waals surface area contributed by atoms with Gasteiger partial charge in [-0.1, -0.05) is 35.9 Å². The van der Waals surface area contributed by atoms with Crippen LogP contribution in [0, 0.1) is 6.92 Å². The summed E-state index contributed by atoms with van der Waals surface area (Å²) in [7, 11) is 0. The molecule has 1 atom stereocenters. The number of nitrogens with one attached hydrogen (secondary N) is 1. The van der Waals surface area contributed by atoms with Crippen molar-refractivity contribution in [2.24, 2.45) is 0 Å². The highest BCUT2D eigenvalue weighted by Gasteiger charge is 2.22. The van der Waals surface area contributed by atoms with Crippen molar-refractivity contribution in [1.82, 2.24) is 15.0 Å². The number of aryl methyl sites for hydroxylation is 1. The fourth-order valence-corrected chi connectivity index (χ4v) is 3.31. The number of aromatic nitrogens is 3. The van der Waals surface area contributed by atoms with E-state index in [1.54, 1.807) is 24.7 Å². The maximum atomic E-state index is 10.9. The Morgan fingerprint density at radius 2 is 1.70 bits per heavy atom. The molecule has 2 heterocycles. The minimum Gasteiger partial charge on any atom is -0.505 e. The van der Waals surface area contributed by atoms with E-state index < -0.39 is 6.04 Å². The van der Waals surface area contributed by atoms with Gasteiger partial charge in [0.25, 0.3) is 0 Å². The first-order valence-corrected chi connectivity index (χ1v) is 8.87. The van der Waals surface area contributed by atoms with Gasteiger partial charge in [-0.15, -0.1) is 0 Å². The summed E-state index contributed by atoms with van der Waals surface area (Å²) in [4.78, 5) is 12.9. The van der Waals surface area contributed by atoms with Crippen LogP contribution in [0.2, 0.25) is 5.02 Å². The first kappa shape index (κ1) is 17.2. The molecule has 0 aliphatic heterocycles. The predicted octanol–water partition coefficient (Wildman–Crippen LogP) is 4.89. The first-order valence-electron chi connectivity index (χ1n) is 8.49. The number of benzene rings is 2. The summed E-state index contributed by atoms with van der Waals surface area (Å²) in [6.07, 6.45) is 5.00. The lowest BCUT2D eigenvalue weighted by Crippen LogP contribution is -2.16. The molecule has 0 bridgehead atoms. The van der Waals surface area contributed by atoms with Crippen LogP contribution in [0.1, 0.15) is 22.7 Å². The van der Waals surface area contributed by atoms with E-state index >= 15 is 0 Å². The molecule has 4 rings (SSSR count). The summed E-state index contributed by atoms with van der Waals surface area (Å²) >= 11 is 6.25. The molecule has 5 nitrogen and oxygen atoms in total. The number of rotatable bonds is 4. The largest absolute Gasteiger partial charge is 0.505 e. The molecule has 0 saturated carbocycles. The van der Waals surface area contributed by atoms with Crippen LogP contribution >= 0.6 is 11.6 Å². The van der Waals surface area contributed by atoms with Crippen molar-refractivity contribution in [2.45, 2.75) is 13.0 Å². The number of pyridine rings is 1. The SMILES string of the molecule is Cc1ccc(Cl)cc1C(Nc1ncccn1)c1ccc2cccnc2c1O. The van der Waals surface area contributed by atoms with E-state index in [4.69, 9.17) is 11.6 Å². The Morgan fingerprint density at radius 1 is 0.926 bits per heavy atom. The van der Waals surface area contributed by atoms with Crippen molar-refractivity contribution >= 4 is 28.5 Å². The Hall–Kier alpha value is -3.18. The topological polar surface area (TPSA) is 70.9 Å². The van der Waals surface area contributed by atoms with Crippen LogP contribution in [-0.4, -0.2) is 20.1 Å². The Labute approximate surface area is 161 Å². The van der Waals surface area contributed by atoms with Gasteiger partial charge < -0.3 is 10.4 Å². The van der Waals surface area contributed by atoms with Gasteiger partial charge in [-0.25, -0.2) is 9.97 Å². The minimum absolute atomic E-state index is 0.126. The Kier molecular flexibility index (Phi) is 4.60. The van der Waals surface area contributed by atoms with Gasteiger partial charge in [0.05, 0.1) is 6.04 Å². The molecule has 0 fully saturated rings. The van der Waals surface area contributed by atoms with Crippen molar-refractivity contribution < 1.29 is 5.11 Å². The molecular weight excluding hydrogens is 360 g/mol. The van der Waals surface area contributed by atoms with E-state index in [2.05, 4.69) is 20.3 Å². The molecule has 6 heteroatoms. The molecule has 2 N–H and O–H groups in total. The minimum atomic E-state index is -0.391. The third-order valence-electron chi connectivity index (χ3n) is 4.48. The molecule has 0 saturated heterocycles. The molecule has 0 aliphatic carbocycles. The van der Waals surface area contributed by atoms with Crippen molar-refractivity contribution in [3.05, 3.63) is 88.8 Å².